The number of nitrogens with zero attached hydrogens (tertiary/aromatic N) is 2. The second-order valence-electron chi connectivity index (χ2n) is 6.27. The highest BCUT2D eigenvalue weighted by atomic mass is 35.5. The summed E-state index contributed by atoms with van der Waals surface area (Å²) >= 11 is 6.36. The summed E-state index contributed by atoms with van der Waals surface area (Å²) < 4.78 is 16.2. The molecule has 0 radical (unpaired) electrons. The quantitative estimate of drug-likeness (QED) is 0.884. The van der Waals surface area contributed by atoms with Gasteiger partial charge in [-0.05, 0) is 11.6 Å². The number of rotatable bonds is 3. The van der Waals surface area contributed by atoms with Gasteiger partial charge in [-0.3, -0.25) is 9.80 Å². The molecule has 2 saturated heterocycles. The summed E-state index contributed by atoms with van der Waals surface area (Å²) in [5.74, 6) is 1.44. The third-order valence-electron chi connectivity index (χ3n) is 4.78. The maximum atomic E-state index is 10.4. The molecule has 0 saturated carbocycles. The van der Waals surface area contributed by atoms with E-state index in [9.17, 15) is 5.11 Å². The molecule has 3 aliphatic heterocycles. The van der Waals surface area contributed by atoms with Crippen LogP contribution in [0.3, 0.4) is 0 Å². The molecule has 3 heterocycles. The minimum absolute atomic E-state index is 0.173. The second-order valence-corrected chi connectivity index (χ2v) is 6.68. The van der Waals surface area contributed by atoms with E-state index in [4.69, 9.17) is 25.8 Å². The number of hydrogen-bond acceptors (Lipinski definition) is 6. The van der Waals surface area contributed by atoms with Crippen molar-refractivity contribution in [3.8, 4) is 11.5 Å². The molecule has 2 atom stereocenters. The number of fused-ring (bicyclic) bond motifs is 1. The zero-order valence-electron chi connectivity index (χ0n) is 12.9. The molecule has 1 N–H and O–H groups in total. The summed E-state index contributed by atoms with van der Waals surface area (Å²) in [6.07, 6.45) is -0.333. The van der Waals surface area contributed by atoms with Gasteiger partial charge in [-0.15, -0.1) is 0 Å². The van der Waals surface area contributed by atoms with Crippen LogP contribution in [0.25, 0.3) is 0 Å². The minimum Gasteiger partial charge on any atom is -0.454 e. The number of halogens is 1. The van der Waals surface area contributed by atoms with Crippen LogP contribution < -0.4 is 9.47 Å². The number of morpholine rings is 1. The molecule has 3 aliphatic rings. The fourth-order valence-electron chi connectivity index (χ4n) is 3.57. The van der Waals surface area contributed by atoms with Crippen LogP contribution in [0.2, 0.25) is 5.02 Å². The van der Waals surface area contributed by atoms with Crippen LogP contribution in [-0.4, -0.2) is 73.2 Å². The molecule has 0 aliphatic carbocycles. The normalized spacial score (nSPS) is 28.4. The van der Waals surface area contributed by atoms with Gasteiger partial charge < -0.3 is 19.3 Å². The Hall–Kier alpha value is -1.05. The van der Waals surface area contributed by atoms with E-state index >= 15 is 0 Å². The summed E-state index contributed by atoms with van der Waals surface area (Å²) in [4.78, 5) is 4.57. The first-order valence-corrected chi connectivity index (χ1v) is 8.39. The predicted molar refractivity (Wildman–Crippen MR) is 85.0 cm³/mol. The number of likely N-dealkylation sites (tertiary alicyclic amines) is 1. The van der Waals surface area contributed by atoms with E-state index in [1.807, 2.05) is 12.1 Å². The lowest BCUT2D eigenvalue weighted by molar-refractivity contribution is -0.00618. The molecule has 0 amide bonds. The van der Waals surface area contributed by atoms with Crippen molar-refractivity contribution in [2.45, 2.75) is 18.7 Å². The molecule has 1 aromatic carbocycles. The molecular weight excluding hydrogens is 320 g/mol. The van der Waals surface area contributed by atoms with Crippen molar-refractivity contribution in [1.82, 2.24) is 9.80 Å². The van der Waals surface area contributed by atoms with Crippen molar-refractivity contribution in [3.63, 3.8) is 0 Å². The average Bonchev–Trinajstić information content (AvgIpc) is 3.15. The zero-order chi connectivity index (χ0) is 15.8. The van der Waals surface area contributed by atoms with Gasteiger partial charge in [-0.25, -0.2) is 0 Å². The second kappa shape index (κ2) is 6.45. The average molecular weight is 341 g/mol. The SMILES string of the molecule is O[C@H]1CN(Cc2cc3c(cc2Cl)OCO3)C[C@@H]1N1CCOCC1. The van der Waals surface area contributed by atoms with Crippen LogP contribution in [0.4, 0.5) is 0 Å². The summed E-state index contributed by atoms with van der Waals surface area (Å²) in [6.45, 7) is 5.72. The fraction of sp³-hybridized carbons (Fsp3) is 0.625. The van der Waals surface area contributed by atoms with Gasteiger partial charge in [-0.1, -0.05) is 11.6 Å². The topological polar surface area (TPSA) is 54.4 Å². The molecule has 7 heteroatoms. The van der Waals surface area contributed by atoms with Crippen molar-refractivity contribution in [1.29, 1.82) is 0 Å². The Morgan fingerprint density at radius 3 is 2.65 bits per heavy atom. The highest BCUT2D eigenvalue weighted by molar-refractivity contribution is 6.31. The number of β-amino-alcohol motifs (C(OH)–C–C–N with tert-alkyl or cyclic N) is 1. The van der Waals surface area contributed by atoms with E-state index in [2.05, 4.69) is 9.80 Å². The molecule has 0 spiro atoms. The van der Waals surface area contributed by atoms with Crippen LogP contribution in [0.15, 0.2) is 12.1 Å². The highest BCUT2D eigenvalue weighted by Gasteiger charge is 2.36. The van der Waals surface area contributed by atoms with E-state index in [-0.39, 0.29) is 18.9 Å². The van der Waals surface area contributed by atoms with Gasteiger partial charge in [0.2, 0.25) is 6.79 Å². The number of aliphatic hydroxyl groups is 1. The first-order chi connectivity index (χ1) is 11.2. The number of aliphatic hydroxyl groups excluding tert-OH is 1. The van der Waals surface area contributed by atoms with Crippen LogP contribution in [0.5, 0.6) is 11.5 Å². The van der Waals surface area contributed by atoms with E-state index in [1.165, 1.54) is 0 Å². The van der Waals surface area contributed by atoms with Crippen molar-refractivity contribution in [2.75, 3.05) is 46.2 Å². The fourth-order valence-corrected chi connectivity index (χ4v) is 3.78. The third kappa shape index (κ3) is 3.14. The molecule has 0 unspecified atom stereocenters. The number of ether oxygens (including phenoxy) is 3. The van der Waals surface area contributed by atoms with Gasteiger partial charge in [0, 0.05) is 49.9 Å². The predicted octanol–water partition coefficient (Wildman–Crippen LogP) is 0.946. The molecule has 6 nitrogen and oxygen atoms in total. The van der Waals surface area contributed by atoms with Crippen molar-refractivity contribution >= 4 is 11.6 Å². The highest BCUT2D eigenvalue weighted by Crippen LogP contribution is 2.37. The van der Waals surface area contributed by atoms with Gasteiger partial charge in [0.05, 0.1) is 19.3 Å². The lowest BCUT2D eigenvalue weighted by Crippen LogP contribution is -2.48. The molecule has 0 bridgehead atoms. The first kappa shape index (κ1) is 15.5. The Kier molecular flexibility index (Phi) is 4.34. The van der Waals surface area contributed by atoms with Gasteiger partial charge in [-0.2, -0.15) is 0 Å². The summed E-state index contributed by atoms with van der Waals surface area (Å²) in [7, 11) is 0. The molecule has 4 rings (SSSR count). The van der Waals surface area contributed by atoms with Crippen molar-refractivity contribution in [2.24, 2.45) is 0 Å². The van der Waals surface area contributed by atoms with Crippen LogP contribution in [0, 0.1) is 0 Å². The third-order valence-corrected chi connectivity index (χ3v) is 5.14. The molecular formula is C16H21ClN2O4. The van der Waals surface area contributed by atoms with E-state index in [0.717, 1.165) is 44.2 Å². The van der Waals surface area contributed by atoms with Gasteiger partial charge in [0.15, 0.2) is 11.5 Å². The lowest BCUT2D eigenvalue weighted by atomic mass is 10.1. The Bertz CT molecular complexity index is 579. The number of hydrogen-bond donors (Lipinski definition) is 1. The Balaban J connectivity index is 1.44. The van der Waals surface area contributed by atoms with E-state index in [0.29, 0.717) is 23.9 Å². The summed E-state index contributed by atoms with van der Waals surface area (Å²) in [5, 5.41) is 11.1. The van der Waals surface area contributed by atoms with Gasteiger partial charge in [0.1, 0.15) is 0 Å². The van der Waals surface area contributed by atoms with Gasteiger partial charge >= 0.3 is 0 Å². The van der Waals surface area contributed by atoms with Crippen LogP contribution >= 0.6 is 11.6 Å². The Morgan fingerprint density at radius 1 is 1.13 bits per heavy atom. The Morgan fingerprint density at radius 2 is 1.87 bits per heavy atom. The standard InChI is InChI=1S/C16H21ClN2O4/c17-12-6-16-15(22-10-23-16)5-11(12)7-18-8-13(14(20)9-18)19-1-3-21-4-2-19/h5-6,13-14,20H,1-4,7-10H2/t13-,14-/m0/s1. The largest absolute Gasteiger partial charge is 0.454 e. The smallest absolute Gasteiger partial charge is 0.231 e. The van der Waals surface area contributed by atoms with E-state index in [1.54, 1.807) is 0 Å². The monoisotopic (exact) mass is 340 g/mol. The maximum absolute atomic E-state index is 10.4. The minimum atomic E-state index is -0.333. The number of benzene rings is 1. The van der Waals surface area contributed by atoms with Crippen molar-refractivity contribution < 1.29 is 19.3 Å². The molecule has 0 aromatic heterocycles. The molecule has 2 fully saturated rings. The van der Waals surface area contributed by atoms with E-state index < -0.39 is 0 Å². The van der Waals surface area contributed by atoms with Crippen LogP contribution in [0.1, 0.15) is 5.56 Å². The zero-order valence-corrected chi connectivity index (χ0v) is 13.7. The first-order valence-electron chi connectivity index (χ1n) is 8.01. The molecule has 23 heavy (non-hydrogen) atoms. The molecule has 1 aromatic rings. The lowest BCUT2D eigenvalue weighted by Gasteiger charge is -2.33. The van der Waals surface area contributed by atoms with Crippen molar-refractivity contribution in [3.05, 3.63) is 22.7 Å². The maximum Gasteiger partial charge on any atom is 0.231 e. The van der Waals surface area contributed by atoms with Crippen LogP contribution in [-0.2, 0) is 11.3 Å². The van der Waals surface area contributed by atoms with Gasteiger partial charge in [0.25, 0.3) is 0 Å². The Labute approximate surface area is 140 Å². The molecule has 126 valence electrons. The summed E-state index contributed by atoms with van der Waals surface area (Å²) in [5.41, 5.74) is 1.01. The summed E-state index contributed by atoms with van der Waals surface area (Å²) in [6, 6.07) is 3.93.